The second-order valence-electron chi connectivity index (χ2n) is 11.2. The number of esters is 1. The molecule has 0 spiro atoms. The molecule has 0 fully saturated rings. The summed E-state index contributed by atoms with van der Waals surface area (Å²) in [4.78, 5) is 26.5. The molecule has 5 nitrogen and oxygen atoms in total. The van der Waals surface area contributed by atoms with E-state index in [1.54, 1.807) is 18.2 Å². The number of hydrogen-bond acceptors (Lipinski definition) is 5. The van der Waals surface area contributed by atoms with E-state index in [-0.39, 0.29) is 33.3 Å². The molecule has 1 aliphatic heterocycles. The molecule has 4 aromatic carbocycles. The predicted octanol–water partition coefficient (Wildman–Crippen LogP) is 8.31. The average Bonchev–Trinajstić information content (AvgIpc) is 2.93. The highest BCUT2D eigenvalue weighted by Gasteiger charge is 2.41. The van der Waals surface area contributed by atoms with Crippen LogP contribution in [0.25, 0.3) is 16.3 Å². The molecule has 0 radical (unpaired) electrons. The number of carbonyl (C=O) groups excluding carboxylic acids is 2. The minimum atomic E-state index is -1.22. The lowest BCUT2D eigenvalue weighted by Gasteiger charge is -2.40. The molecule has 0 aromatic heterocycles. The van der Waals surface area contributed by atoms with Gasteiger partial charge in [0.15, 0.2) is 28.9 Å². The van der Waals surface area contributed by atoms with Gasteiger partial charge in [-0.05, 0) is 64.1 Å². The van der Waals surface area contributed by atoms with E-state index in [0.717, 1.165) is 45.6 Å². The van der Waals surface area contributed by atoms with Gasteiger partial charge in [0.25, 0.3) is 0 Å². The van der Waals surface area contributed by atoms with Crippen LogP contribution in [0.2, 0.25) is 5.02 Å². The fraction of sp³-hybridized carbons (Fsp3) is 0.212. The van der Waals surface area contributed by atoms with Crippen molar-refractivity contribution in [3.8, 4) is 11.5 Å². The van der Waals surface area contributed by atoms with Gasteiger partial charge in [-0.3, -0.25) is 4.79 Å². The number of rotatable bonds is 4. The lowest BCUT2D eigenvalue weighted by Crippen LogP contribution is -2.33. The van der Waals surface area contributed by atoms with Crippen molar-refractivity contribution in [3.05, 3.63) is 106 Å². The zero-order chi connectivity index (χ0) is 29.1. The van der Waals surface area contributed by atoms with Crippen molar-refractivity contribution in [2.24, 2.45) is 5.41 Å². The predicted molar refractivity (Wildman–Crippen MR) is 155 cm³/mol. The number of benzene rings is 4. The minimum Gasteiger partial charge on any atom is -0.493 e. The van der Waals surface area contributed by atoms with Crippen molar-refractivity contribution < 1.29 is 27.8 Å². The van der Waals surface area contributed by atoms with E-state index in [2.05, 4.69) is 37.4 Å². The van der Waals surface area contributed by atoms with Crippen LogP contribution >= 0.6 is 11.6 Å². The Balaban J connectivity index is 1.42. The third-order valence-corrected chi connectivity index (χ3v) is 8.01. The largest absolute Gasteiger partial charge is 0.493 e. The maximum atomic E-state index is 13.8. The maximum Gasteiger partial charge on any atom is 0.345 e. The van der Waals surface area contributed by atoms with Crippen LogP contribution in [0, 0.1) is 17.0 Å². The Morgan fingerprint density at radius 1 is 0.976 bits per heavy atom. The monoisotopic (exact) mass is 573 g/mol. The number of fused-ring (bicyclic) bond motifs is 4. The number of carbonyl (C=O) groups is 2. The molecule has 1 unspecified atom stereocenters. The third kappa shape index (κ3) is 4.74. The minimum absolute atomic E-state index is 0.0644. The summed E-state index contributed by atoms with van der Waals surface area (Å²) in [5, 5.41) is 5.49. The first-order valence-corrected chi connectivity index (χ1v) is 13.5. The SMILES string of the molecule is COc1cc(C2Nc3ccc4ccccc4c3C3=C2C(=O)CC(C)(C)C3)ccc1OC(=O)c1cc(F)c(F)cc1Cl. The molecule has 1 heterocycles. The summed E-state index contributed by atoms with van der Waals surface area (Å²) in [7, 11) is 1.43. The van der Waals surface area contributed by atoms with Crippen molar-refractivity contribution in [3.63, 3.8) is 0 Å². The Labute approximate surface area is 240 Å². The first kappa shape index (κ1) is 27.0. The van der Waals surface area contributed by atoms with Crippen molar-refractivity contribution in [1.82, 2.24) is 0 Å². The highest BCUT2D eigenvalue weighted by Crippen LogP contribution is 2.52. The van der Waals surface area contributed by atoms with Crippen LogP contribution in [-0.2, 0) is 4.79 Å². The Kier molecular flexibility index (Phi) is 6.57. The summed E-state index contributed by atoms with van der Waals surface area (Å²) >= 11 is 5.96. The Bertz CT molecular complexity index is 1800. The molecule has 208 valence electrons. The van der Waals surface area contributed by atoms with Crippen molar-refractivity contribution in [1.29, 1.82) is 0 Å². The zero-order valence-electron chi connectivity index (χ0n) is 22.6. The van der Waals surface area contributed by atoms with E-state index in [4.69, 9.17) is 21.1 Å². The van der Waals surface area contributed by atoms with E-state index in [1.165, 1.54) is 7.11 Å². The van der Waals surface area contributed by atoms with Crippen molar-refractivity contribution >= 4 is 45.4 Å². The number of Topliss-reactive ketones (excluding diaryl/α,β-unsaturated/α-hetero) is 1. The summed E-state index contributed by atoms with van der Waals surface area (Å²) in [5.41, 5.74) is 3.96. The molecule has 0 amide bonds. The fourth-order valence-electron chi connectivity index (χ4n) is 5.87. The van der Waals surface area contributed by atoms with Crippen LogP contribution in [0.15, 0.2) is 72.3 Å². The van der Waals surface area contributed by atoms with Crippen LogP contribution < -0.4 is 14.8 Å². The van der Waals surface area contributed by atoms with Crippen molar-refractivity contribution in [2.45, 2.75) is 32.7 Å². The van der Waals surface area contributed by atoms with Gasteiger partial charge in [0.05, 0.1) is 23.7 Å². The highest BCUT2D eigenvalue weighted by molar-refractivity contribution is 6.33. The Morgan fingerprint density at radius 2 is 1.73 bits per heavy atom. The van der Waals surface area contributed by atoms with Crippen LogP contribution in [0.4, 0.5) is 14.5 Å². The topological polar surface area (TPSA) is 64.6 Å². The molecule has 8 heteroatoms. The number of halogens is 3. The van der Waals surface area contributed by atoms with Gasteiger partial charge in [-0.1, -0.05) is 61.8 Å². The molecule has 0 saturated carbocycles. The van der Waals surface area contributed by atoms with E-state index >= 15 is 0 Å². The van der Waals surface area contributed by atoms with E-state index in [1.807, 2.05) is 18.2 Å². The number of ether oxygens (including phenoxy) is 2. The molecular formula is C33H26ClF2NO4. The molecule has 0 bridgehead atoms. The van der Waals surface area contributed by atoms with Crippen LogP contribution in [-0.4, -0.2) is 18.9 Å². The first-order valence-electron chi connectivity index (χ1n) is 13.2. The van der Waals surface area contributed by atoms with Gasteiger partial charge in [-0.15, -0.1) is 0 Å². The number of hydrogen-bond donors (Lipinski definition) is 1. The fourth-order valence-corrected chi connectivity index (χ4v) is 6.10. The molecule has 1 aliphatic carbocycles. The van der Waals surface area contributed by atoms with Crippen LogP contribution in [0.3, 0.4) is 0 Å². The molecule has 1 atom stereocenters. The Morgan fingerprint density at radius 3 is 2.51 bits per heavy atom. The standard InChI is InChI=1S/C33H26ClF2NO4/c1-33(2)15-21-29-19-7-5-4-6-17(19)8-10-25(29)37-31(30(21)26(38)16-33)18-9-11-27(28(12-18)40-3)41-32(39)20-13-23(35)24(36)14-22(20)34/h4-14,31,37H,15-16H2,1-3H3. The summed E-state index contributed by atoms with van der Waals surface area (Å²) in [5.74, 6) is -2.98. The van der Waals surface area contributed by atoms with Gasteiger partial charge in [0, 0.05) is 23.2 Å². The van der Waals surface area contributed by atoms with Crippen LogP contribution in [0.5, 0.6) is 11.5 Å². The smallest absolute Gasteiger partial charge is 0.345 e. The molecule has 4 aromatic rings. The van der Waals surface area contributed by atoms with E-state index in [0.29, 0.717) is 18.1 Å². The Hall–Kier alpha value is -4.23. The molecule has 2 aliphatic rings. The molecule has 1 N–H and O–H groups in total. The number of allylic oxidation sites excluding steroid dienone is 1. The number of nitrogens with one attached hydrogen (secondary N) is 1. The summed E-state index contributed by atoms with van der Waals surface area (Å²) in [6.07, 6.45) is 1.17. The maximum absolute atomic E-state index is 13.8. The van der Waals surface area contributed by atoms with Gasteiger partial charge in [-0.2, -0.15) is 0 Å². The van der Waals surface area contributed by atoms with Gasteiger partial charge in [0.2, 0.25) is 0 Å². The van der Waals surface area contributed by atoms with Crippen molar-refractivity contribution in [2.75, 3.05) is 12.4 Å². The summed E-state index contributed by atoms with van der Waals surface area (Å²) in [6.45, 7) is 4.23. The highest BCUT2D eigenvalue weighted by atomic mass is 35.5. The summed E-state index contributed by atoms with van der Waals surface area (Å²) < 4.78 is 38.2. The normalized spacial score (nSPS) is 17.5. The van der Waals surface area contributed by atoms with Gasteiger partial charge in [-0.25, -0.2) is 13.6 Å². The zero-order valence-corrected chi connectivity index (χ0v) is 23.4. The third-order valence-electron chi connectivity index (χ3n) is 7.69. The molecule has 0 saturated heterocycles. The lowest BCUT2D eigenvalue weighted by molar-refractivity contribution is -0.118. The number of ketones is 1. The van der Waals surface area contributed by atoms with Gasteiger partial charge >= 0.3 is 5.97 Å². The van der Waals surface area contributed by atoms with E-state index < -0.39 is 23.6 Å². The second kappa shape index (κ2) is 10.00. The van der Waals surface area contributed by atoms with E-state index in [9.17, 15) is 18.4 Å². The quantitative estimate of drug-likeness (QED) is 0.151. The molecule has 41 heavy (non-hydrogen) atoms. The summed E-state index contributed by atoms with van der Waals surface area (Å²) in [6, 6.07) is 18.2. The van der Waals surface area contributed by atoms with Gasteiger partial charge < -0.3 is 14.8 Å². The van der Waals surface area contributed by atoms with Crippen LogP contribution in [0.1, 0.15) is 54.2 Å². The lowest BCUT2D eigenvalue weighted by atomic mass is 9.68. The number of anilines is 1. The second-order valence-corrected chi connectivity index (χ2v) is 11.6. The first-order chi connectivity index (χ1) is 19.6. The molecule has 6 rings (SSSR count). The van der Waals surface area contributed by atoms with Gasteiger partial charge in [0.1, 0.15) is 0 Å². The molecular weight excluding hydrogens is 548 g/mol. The average molecular weight is 574 g/mol. The number of methoxy groups -OCH3 is 1.